The second kappa shape index (κ2) is 58.7. The fraction of sp³-hybridized carbons (Fsp3) is 0.778. The predicted molar refractivity (Wildman–Crippen MR) is 297 cm³/mol. The molecule has 0 aromatic carbocycles. The van der Waals surface area contributed by atoms with E-state index in [1.807, 2.05) is 0 Å². The molecule has 0 aliphatic rings. The average Bonchev–Trinajstić information content (AvgIpc) is 3.34. The maximum Gasteiger partial charge on any atom is 0.306 e. The number of esters is 2. The second-order valence-electron chi connectivity index (χ2n) is 19.5. The van der Waals surface area contributed by atoms with Crippen LogP contribution in [0.5, 0.6) is 0 Å². The third kappa shape index (κ3) is 55.9. The molecule has 0 aliphatic heterocycles. The van der Waals surface area contributed by atoms with E-state index in [4.69, 9.17) is 14.2 Å². The van der Waals surface area contributed by atoms with Gasteiger partial charge in [-0.25, -0.2) is 0 Å². The summed E-state index contributed by atoms with van der Waals surface area (Å²) in [6.07, 6.45) is 76.4. The first kappa shape index (κ1) is 65.3. The highest BCUT2D eigenvalue weighted by Gasteiger charge is 2.17. The third-order valence-electron chi connectivity index (χ3n) is 12.7. The summed E-state index contributed by atoms with van der Waals surface area (Å²) in [5.74, 6) is -0.408. The average molecular weight is 950 g/mol. The van der Waals surface area contributed by atoms with Crippen molar-refractivity contribution in [3.8, 4) is 0 Å². The number of carbonyl (C=O) groups excluding carboxylic acids is 2. The van der Waals surface area contributed by atoms with E-state index in [2.05, 4.69) is 93.7 Å². The molecule has 5 nitrogen and oxygen atoms in total. The minimum absolute atomic E-state index is 0.0767. The first-order valence-electron chi connectivity index (χ1n) is 29.5. The molecule has 0 heterocycles. The molecule has 0 aromatic rings. The smallest absolute Gasteiger partial charge is 0.306 e. The van der Waals surface area contributed by atoms with E-state index in [1.54, 1.807) is 0 Å². The van der Waals surface area contributed by atoms with Gasteiger partial charge < -0.3 is 14.2 Å². The molecule has 0 saturated heterocycles. The Labute approximate surface area is 423 Å². The molecule has 0 N–H and O–H groups in total. The molecule has 0 radical (unpaired) electrons. The van der Waals surface area contributed by atoms with Crippen molar-refractivity contribution in [1.29, 1.82) is 0 Å². The Balaban J connectivity index is 4.28. The zero-order valence-electron chi connectivity index (χ0n) is 45.4. The maximum absolute atomic E-state index is 12.9. The highest BCUT2D eigenvalue weighted by atomic mass is 16.6. The highest BCUT2D eigenvalue weighted by Crippen LogP contribution is 2.16. The van der Waals surface area contributed by atoms with Crippen LogP contribution in [0.25, 0.3) is 0 Å². The Kier molecular flexibility index (Phi) is 56.4. The molecule has 0 fully saturated rings. The van der Waals surface area contributed by atoms with Crippen LogP contribution in [-0.4, -0.2) is 37.9 Å². The molecule has 68 heavy (non-hydrogen) atoms. The molecule has 0 saturated carbocycles. The quantitative estimate of drug-likeness (QED) is 0.0345. The summed E-state index contributed by atoms with van der Waals surface area (Å²) in [6, 6.07) is 0. The molecule has 0 aromatic heterocycles. The van der Waals surface area contributed by atoms with Gasteiger partial charge in [0.2, 0.25) is 0 Å². The van der Waals surface area contributed by atoms with Crippen LogP contribution in [-0.2, 0) is 23.8 Å². The number of carbonyl (C=O) groups is 2. The van der Waals surface area contributed by atoms with E-state index >= 15 is 0 Å². The Bertz CT molecular complexity index is 1210. The van der Waals surface area contributed by atoms with Gasteiger partial charge in [-0.15, -0.1) is 0 Å². The molecule has 0 bridgehead atoms. The third-order valence-corrected chi connectivity index (χ3v) is 12.7. The number of rotatable bonds is 54. The maximum atomic E-state index is 12.9. The largest absolute Gasteiger partial charge is 0.462 e. The second-order valence-corrected chi connectivity index (χ2v) is 19.5. The molecule has 0 aliphatic carbocycles. The standard InChI is InChI=1S/C63H112O5/c1-4-7-10-13-16-19-22-25-28-31-34-37-40-43-46-49-52-55-58-66-59-61(68-63(65)57-54-51-48-45-42-39-36-33-30-27-24-21-18-15-12-9-6-3)60-67-62(64)56-53-50-47-44-41-38-35-32-29-26-23-20-17-14-11-8-5-2/h8-9,11-12,17-18,20-21,26-27,29-30,61H,4-7,10,13-16,19,22-25,28,31-60H2,1-3H3/b11-8-,12-9-,20-17-,21-18-,29-26-,30-27-. The number of ether oxygens (including phenoxy) is 3. The van der Waals surface area contributed by atoms with Crippen molar-refractivity contribution in [2.75, 3.05) is 19.8 Å². The molecule has 5 heteroatoms. The van der Waals surface area contributed by atoms with Gasteiger partial charge in [-0.2, -0.15) is 0 Å². The Morgan fingerprint density at radius 2 is 0.662 bits per heavy atom. The lowest BCUT2D eigenvalue weighted by Gasteiger charge is -2.18. The summed E-state index contributed by atoms with van der Waals surface area (Å²) < 4.78 is 17.5. The van der Waals surface area contributed by atoms with Crippen LogP contribution in [0.4, 0.5) is 0 Å². The van der Waals surface area contributed by atoms with Crippen LogP contribution in [0, 0.1) is 0 Å². The summed E-state index contributed by atoms with van der Waals surface area (Å²) >= 11 is 0. The number of hydrogen-bond donors (Lipinski definition) is 0. The van der Waals surface area contributed by atoms with Crippen molar-refractivity contribution in [2.45, 2.75) is 297 Å². The van der Waals surface area contributed by atoms with Crippen molar-refractivity contribution in [3.05, 3.63) is 72.9 Å². The summed E-state index contributed by atoms with van der Waals surface area (Å²) in [5, 5.41) is 0. The predicted octanol–water partition coefficient (Wildman–Crippen LogP) is 20.2. The van der Waals surface area contributed by atoms with Gasteiger partial charge in [0.15, 0.2) is 6.10 Å². The zero-order valence-corrected chi connectivity index (χ0v) is 45.4. The lowest BCUT2D eigenvalue weighted by Crippen LogP contribution is -2.30. The molecule has 394 valence electrons. The van der Waals surface area contributed by atoms with Gasteiger partial charge in [-0.05, 0) is 83.5 Å². The monoisotopic (exact) mass is 949 g/mol. The minimum atomic E-state index is -0.547. The van der Waals surface area contributed by atoms with Gasteiger partial charge in [0.1, 0.15) is 6.61 Å². The van der Waals surface area contributed by atoms with Gasteiger partial charge in [-0.1, -0.05) is 267 Å². The first-order valence-corrected chi connectivity index (χ1v) is 29.5. The first-order chi connectivity index (χ1) is 33.6. The summed E-state index contributed by atoms with van der Waals surface area (Å²) in [5.41, 5.74) is 0. The van der Waals surface area contributed by atoms with Crippen LogP contribution in [0.2, 0.25) is 0 Å². The van der Waals surface area contributed by atoms with Gasteiger partial charge >= 0.3 is 11.9 Å². The molecule has 0 amide bonds. The molecule has 1 unspecified atom stereocenters. The van der Waals surface area contributed by atoms with Crippen LogP contribution in [0.3, 0.4) is 0 Å². The van der Waals surface area contributed by atoms with Gasteiger partial charge in [0, 0.05) is 19.4 Å². The van der Waals surface area contributed by atoms with Gasteiger partial charge in [0.05, 0.1) is 6.61 Å². The van der Waals surface area contributed by atoms with Crippen molar-refractivity contribution in [2.24, 2.45) is 0 Å². The zero-order chi connectivity index (χ0) is 49.2. The van der Waals surface area contributed by atoms with Gasteiger partial charge in [0.25, 0.3) is 0 Å². The number of unbranched alkanes of at least 4 members (excludes halogenated alkanes) is 31. The van der Waals surface area contributed by atoms with E-state index in [9.17, 15) is 9.59 Å². The van der Waals surface area contributed by atoms with E-state index in [0.29, 0.717) is 19.4 Å². The van der Waals surface area contributed by atoms with Gasteiger partial charge in [-0.3, -0.25) is 9.59 Å². The molecule has 1 atom stereocenters. The summed E-state index contributed by atoms with van der Waals surface area (Å²) in [7, 11) is 0. The Morgan fingerprint density at radius 3 is 1.06 bits per heavy atom. The molecule has 0 spiro atoms. The number of hydrogen-bond acceptors (Lipinski definition) is 5. The van der Waals surface area contributed by atoms with Crippen LogP contribution >= 0.6 is 0 Å². The number of allylic oxidation sites excluding steroid dienone is 12. The van der Waals surface area contributed by atoms with Crippen molar-refractivity contribution >= 4 is 11.9 Å². The molecule has 0 rings (SSSR count). The van der Waals surface area contributed by atoms with E-state index < -0.39 is 6.10 Å². The Morgan fingerprint density at radius 1 is 0.338 bits per heavy atom. The lowest BCUT2D eigenvalue weighted by atomic mass is 10.0. The van der Waals surface area contributed by atoms with E-state index in [-0.39, 0.29) is 25.2 Å². The molecular weight excluding hydrogens is 837 g/mol. The summed E-state index contributed by atoms with van der Waals surface area (Å²) in [4.78, 5) is 25.5. The van der Waals surface area contributed by atoms with Crippen LogP contribution in [0.1, 0.15) is 290 Å². The fourth-order valence-corrected chi connectivity index (χ4v) is 8.42. The van der Waals surface area contributed by atoms with Crippen molar-refractivity contribution in [1.82, 2.24) is 0 Å². The minimum Gasteiger partial charge on any atom is -0.462 e. The van der Waals surface area contributed by atoms with E-state index in [0.717, 1.165) is 103 Å². The fourth-order valence-electron chi connectivity index (χ4n) is 8.42. The lowest BCUT2D eigenvalue weighted by molar-refractivity contribution is -0.163. The Hall–Kier alpha value is -2.66. The van der Waals surface area contributed by atoms with Crippen molar-refractivity contribution < 1.29 is 23.8 Å². The highest BCUT2D eigenvalue weighted by molar-refractivity contribution is 5.70. The topological polar surface area (TPSA) is 61.8 Å². The van der Waals surface area contributed by atoms with Crippen molar-refractivity contribution in [3.63, 3.8) is 0 Å². The SMILES string of the molecule is CC/C=C\C/C=C\C/C=C\CCCCCCCCCC(=O)OCC(COCCCCCCCCCCCCCCCCCCCC)OC(=O)CCCCCCCCC/C=C\C/C=C\C/C=C\CC. The summed E-state index contributed by atoms with van der Waals surface area (Å²) in [6.45, 7) is 7.63. The van der Waals surface area contributed by atoms with Crippen LogP contribution < -0.4 is 0 Å². The van der Waals surface area contributed by atoms with Crippen LogP contribution in [0.15, 0.2) is 72.9 Å². The van der Waals surface area contributed by atoms with E-state index in [1.165, 1.54) is 154 Å². The molecular formula is C63H112O5. The normalized spacial score (nSPS) is 12.7.